The Morgan fingerprint density at radius 3 is 2.45 bits per heavy atom. The number of ether oxygens (including phenoxy) is 2. The molecule has 1 unspecified atom stereocenters. The van der Waals surface area contributed by atoms with Gasteiger partial charge in [0.15, 0.2) is 0 Å². The van der Waals surface area contributed by atoms with Gasteiger partial charge in [0.1, 0.15) is 15.4 Å². The molecule has 2 amide bonds. The number of hydrogen-bond acceptors (Lipinski definition) is 3. The maximum Gasteiger partial charge on any atom is 0.317 e. The van der Waals surface area contributed by atoms with Gasteiger partial charge >= 0.3 is 6.03 Å². The van der Waals surface area contributed by atoms with Crippen molar-refractivity contribution in [1.82, 2.24) is 10.2 Å². The van der Waals surface area contributed by atoms with Crippen LogP contribution in [0.4, 0.5) is 4.79 Å². The van der Waals surface area contributed by atoms with Gasteiger partial charge in [0.2, 0.25) is 0 Å². The van der Waals surface area contributed by atoms with Crippen LogP contribution in [0.25, 0.3) is 0 Å². The van der Waals surface area contributed by atoms with E-state index in [-0.39, 0.29) is 11.9 Å². The smallest absolute Gasteiger partial charge is 0.317 e. The van der Waals surface area contributed by atoms with Crippen molar-refractivity contribution in [1.29, 1.82) is 0 Å². The summed E-state index contributed by atoms with van der Waals surface area (Å²) in [6.07, 6.45) is 6.03. The van der Waals surface area contributed by atoms with Crippen LogP contribution >= 0.6 is 0 Å². The molecule has 0 aromatic heterocycles. The fourth-order valence-electron chi connectivity index (χ4n) is 2.63. The van der Waals surface area contributed by atoms with Crippen LogP contribution < -0.4 is 5.32 Å². The van der Waals surface area contributed by atoms with Gasteiger partial charge in [-0.3, -0.25) is 0 Å². The van der Waals surface area contributed by atoms with Crippen LogP contribution in [-0.2, 0) is 9.47 Å². The summed E-state index contributed by atoms with van der Waals surface area (Å²) in [6.45, 7) is 10.1. The lowest BCUT2D eigenvalue weighted by molar-refractivity contribution is -0.0835. The third-order valence-electron chi connectivity index (χ3n) is 3.86. The molecule has 6 heteroatoms. The van der Waals surface area contributed by atoms with Gasteiger partial charge in [-0.15, -0.1) is 0 Å². The molecule has 1 atom stereocenters. The summed E-state index contributed by atoms with van der Waals surface area (Å²) in [6, 6.07) is 0.0850. The van der Waals surface area contributed by atoms with Crippen LogP contribution in [0.1, 0.15) is 52.9 Å². The van der Waals surface area contributed by atoms with Crippen molar-refractivity contribution in [3.63, 3.8) is 0 Å². The van der Waals surface area contributed by atoms with E-state index in [2.05, 4.69) is 12.2 Å². The molecule has 0 aromatic rings. The highest BCUT2D eigenvalue weighted by molar-refractivity contribution is 6.38. The molecular formula is C16H32N2O3Si. The number of nitrogens with one attached hydrogen (secondary N) is 1. The summed E-state index contributed by atoms with van der Waals surface area (Å²) in [5.41, 5.74) is 0.586. The molecule has 2 radical (unpaired) electrons. The minimum absolute atomic E-state index is 0.0750. The highest BCUT2D eigenvalue weighted by atomic mass is 28.2. The van der Waals surface area contributed by atoms with E-state index in [0.717, 1.165) is 26.1 Å². The van der Waals surface area contributed by atoms with E-state index in [9.17, 15) is 4.79 Å². The molecule has 0 saturated carbocycles. The van der Waals surface area contributed by atoms with Gasteiger partial charge < -0.3 is 19.7 Å². The van der Waals surface area contributed by atoms with Crippen LogP contribution in [-0.4, -0.2) is 59.2 Å². The molecule has 1 heterocycles. The summed E-state index contributed by atoms with van der Waals surface area (Å²) < 4.78 is 11.4. The first-order valence-corrected chi connectivity index (χ1v) is 9.88. The zero-order valence-electron chi connectivity index (χ0n) is 14.4. The van der Waals surface area contributed by atoms with Crippen molar-refractivity contribution in [3.05, 3.63) is 0 Å². The van der Waals surface area contributed by atoms with Crippen molar-refractivity contribution < 1.29 is 14.3 Å². The van der Waals surface area contributed by atoms with Crippen LogP contribution in [0.5, 0.6) is 0 Å². The Morgan fingerprint density at radius 2 is 1.91 bits per heavy atom. The van der Waals surface area contributed by atoms with Crippen LogP contribution in [0, 0.1) is 0 Å². The number of unbranched alkanes of at least 4 members (excludes halogenated alkanes) is 2. The molecule has 1 fully saturated rings. The monoisotopic (exact) mass is 328 g/mol. The zero-order valence-corrected chi connectivity index (χ0v) is 15.4. The zero-order chi connectivity index (χ0) is 16.2. The average Bonchev–Trinajstić information content (AvgIpc) is 2.90. The van der Waals surface area contributed by atoms with E-state index in [4.69, 9.17) is 9.47 Å². The van der Waals surface area contributed by atoms with Gasteiger partial charge in [-0.2, -0.15) is 0 Å². The van der Waals surface area contributed by atoms with Gasteiger partial charge in [0.05, 0.1) is 0 Å². The Kier molecular flexibility index (Phi) is 10.5. The van der Waals surface area contributed by atoms with Crippen molar-refractivity contribution in [2.75, 3.05) is 32.8 Å². The molecule has 128 valence electrons. The second-order valence-electron chi connectivity index (χ2n) is 5.61. The lowest BCUT2D eigenvalue weighted by Crippen LogP contribution is -2.32. The normalized spacial score (nSPS) is 16.4. The highest BCUT2D eigenvalue weighted by Crippen LogP contribution is 2.22. The quantitative estimate of drug-likeness (QED) is 0.321. The predicted molar refractivity (Wildman–Crippen MR) is 90.3 cm³/mol. The first-order chi connectivity index (χ1) is 10.7. The first-order valence-electron chi connectivity index (χ1n) is 8.73. The van der Waals surface area contributed by atoms with E-state index in [0.29, 0.717) is 28.3 Å². The number of nitrogens with zero attached hydrogens (tertiary/aromatic N) is 1. The molecule has 0 aromatic carbocycles. The van der Waals surface area contributed by atoms with Crippen molar-refractivity contribution in [3.8, 4) is 0 Å². The van der Waals surface area contributed by atoms with E-state index >= 15 is 0 Å². The average molecular weight is 329 g/mol. The fraction of sp³-hybridized carbons (Fsp3) is 0.938. The Bertz CT molecular complexity index is 299. The third-order valence-corrected chi connectivity index (χ3v) is 5.51. The molecule has 5 nitrogen and oxygen atoms in total. The molecule has 0 aliphatic carbocycles. The summed E-state index contributed by atoms with van der Waals surface area (Å²) in [7, 11) is 0.651. The fourth-order valence-corrected chi connectivity index (χ4v) is 4.20. The maximum absolute atomic E-state index is 11.6. The van der Waals surface area contributed by atoms with Gasteiger partial charge in [0, 0.05) is 32.8 Å². The van der Waals surface area contributed by atoms with E-state index in [1.807, 2.05) is 18.7 Å². The molecule has 1 aliphatic rings. The predicted octanol–water partition coefficient (Wildman–Crippen LogP) is 2.83. The van der Waals surface area contributed by atoms with Gasteiger partial charge in [-0.25, -0.2) is 4.79 Å². The number of amides is 2. The molecular weight excluding hydrogens is 296 g/mol. The summed E-state index contributed by atoms with van der Waals surface area (Å²) >= 11 is 0. The molecule has 1 saturated heterocycles. The minimum atomic E-state index is -0.0750. The number of carbonyl (C=O) groups is 1. The summed E-state index contributed by atoms with van der Waals surface area (Å²) in [5, 5.41) is 2.87. The Balaban J connectivity index is 2.43. The lowest BCUT2D eigenvalue weighted by Gasteiger charge is -2.24. The number of rotatable bonds is 13. The standard InChI is InChI=1S/C16H32N2O3Si/c1-4-7-8-9-14(22-16(20-5-2)21-6-3)10-12-18-13-11-17-15(18)19/h14,16H,4-13H2,1-3H3,(H,17,19). The van der Waals surface area contributed by atoms with Gasteiger partial charge in [0.25, 0.3) is 0 Å². The van der Waals surface area contributed by atoms with Crippen molar-refractivity contribution >= 4 is 15.6 Å². The Hall–Kier alpha value is -0.593. The second kappa shape index (κ2) is 11.9. The van der Waals surface area contributed by atoms with E-state index in [1.54, 1.807) is 0 Å². The number of hydrogen-bond donors (Lipinski definition) is 1. The Morgan fingerprint density at radius 1 is 1.18 bits per heavy atom. The number of carbonyl (C=O) groups excluding carboxylic acids is 1. The minimum Gasteiger partial charge on any atom is -0.357 e. The second-order valence-corrected chi connectivity index (χ2v) is 7.23. The maximum atomic E-state index is 11.6. The SMILES string of the molecule is CCCCCC(CCN1CCNC1=O)[Si]C(OCC)OCC. The largest absolute Gasteiger partial charge is 0.357 e. The molecule has 0 bridgehead atoms. The van der Waals surface area contributed by atoms with Gasteiger partial charge in [-0.1, -0.05) is 32.6 Å². The molecule has 0 spiro atoms. The lowest BCUT2D eigenvalue weighted by atomic mass is 10.1. The Labute approximate surface area is 137 Å². The summed E-state index contributed by atoms with van der Waals surface area (Å²) in [5.74, 6) is -0.0750. The van der Waals surface area contributed by atoms with E-state index in [1.165, 1.54) is 25.7 Å². The van der Waals surface area contributed by atoms with Crippen LogP contribution in [0.15, 0.2) is 0 Å². The van der Waals surface area contributed by atoms with Crippen molar-refractivity contribution in [2.45, 2.75) is 64.3 Å². The van der Waals surface area contributed by atoms with Crippen LogP contribution in [0.3, 0.4) is 0 Å². The molecule has 1 rings (SSSR count). The molecule has 1 aliphatic heterocycles. The molecule has 22 heavy (non-hydrogen) atoms. The van der Waals surface area contributed by atoms with Crippen LogP contribution in [0.2, 0.25) is 5.54 Å². The molecule has 1 N–H and O–H groups in total. The topological polar surface area (TPSA) is 50.8 Å². The van der Waals surface area contributed by atoms with Crippen molar-refractivity contribution in [2.24, 2.45) is 0 Å². The third kappa shape index (κ3) is 7.60. The summed E-state index contributed by atoms with van der Waals surface area (Å²) in [4.78, 5) is 13.6. The highest BCUT2D eigenvalue weighted by Gasteiger charge is 2.23. The first kappa shape index (κ1) is 19.5. The number of urea groups is 1. The van der Waals surface area contributed by atoms with Gasteiger partial charge in [-0.05, 0) is 25.8 Å². The van der Waals surface area contributed by atoms with E-state index < -0.39 is 0 Å².